The van der Waals surface area contributed by atoms with Crippen molar-refractivity contribution in [3.05, 3.63) is 35.9 Å². The minimum Gasteiger partial charge on any atom is -0.378 e. The Morgan fingerprint density at radius 1 is 0.840 bits per heavy atom. The number of morpholine rings is 1. The van der Waals surface area contributed by atoms with E-state index in [1.165, 1.54) is 5.56 Å². The Kier molecular flexibility index (Phi) is 6.42. The highest BCUT2D eigenvalue weighted by molar-refractivity contribution is 6.34. The van der Waals surface area contributed by atoms with E-state index in [0.717, 1.165) is 32.5 Å². The van der Waals surface area contributed by atoms with Crippen LogP contribution in [0.25, 0.3) is 0 Å². The maximum absolute atomic E-state index is 12.4. The van der Waals surface area contributed by atoms with Crippen molar-refractivity contribution in [2.75, 3.05) is 59.0 Å². The predicted molar refractivity (Wildman–Crippen MR) is 95.2 cm³/mol. The van der Waals surface area contributed by atoms with Crippen molar-refractivity contribution in [3.63, 3.8) is 0 Å². The van der Waals surface area contributed by atoms with Crippen LogP contribution in [0.15, 0.2) is 30.3 Å². The zero-order valence-corrected chi connectivity index (χ0v) is 14.7. The third-order valence-corrected chi connectivity index (χ3v) is 4.92. The van der Waals surface area contributed by atoms with Gasteiger partial charge in [0, 0.05) is 39.3 Å². The van der Waals surface area contributed by atoms with Gasteiger partial charge in [0.1, 0.15) is 0 Å². The van der Waals surface area contributed by atoms with Crippen LogP contribution in [0, 0.1) is 0 Å². The number of piperazine rings is 1. The molecular formula is C19H27N3O3. The summed E-state index contributed by atoms with van der Waals surface area (Å²) < 4.78 is 5.23. The Labute approximate surface area is 149 Å². The van der Waals surface area contributed by atoms with Gasteiger partial charge >= 0.3 is 11.8 Å². The van der Waals surface area contributed by atoms with Gasteiger partial charge in [0.05, 0.1) is 13.2 Å². The molecule has 2 aliphatic heterocycles. The summed E-state index contributed by atoms with van der Waals surface area (Å²) in [6.07, 6.45) is 2.19. The molecule has 0 aliphatic carbocycles. The Hall–Kier alpha value is -1.92. The zero-order chi connectivity index (χ0) is 17.5. The molecule has 0 atom stereocenters. The minimum absolute atomic E-state index is 0.356. The number of amides is 2. The zero-order valence-electron chi connectivity index (χ0n) is 14.7. The smallest absolute Gasteiger partial charge is 0.312 e. The molecule has 25 heavy (non-hydrogen) atoms. The fourth-order valence-corrected chi connectivity index (χ4v) is 3.36. The molecule has 6 nitrogen and oxygen atoms in total. The molecule has 3 rings (SSSR count). The number of rotatable bonds is 4. The van der Waals surface area contributed by atoms with Gasteiger partial charge in [-0.2, -0.15) is 0 Å². The van der Waals surface area contributed by atoms with Crippen molar-refractivity contribution in [2.45, 2.75) is 12.8 Å². The first kappa shape index (κ1) is 17.9. The maximum Gasteiger partial charge on any atom is 0.312 e. The van der Waals surface area contributed by atoms with E-state index in [9.17, 15) is 9.59 Å². The third-order valence-electron chi connectivity index (χ3n) is 4.92. The van der Waals surface area contributed by atoms with Gasteiger partial charge < -0.3 is 14.5 Å². The van der Waals surface area contributed by atoms with Gasteiger partial charge in [-0.25, -0.2) is 0 Å². The molecule has 0 bridgehead atoms. The molecule has 2 saturated heterocycles. The molecule has 136 valence electrons. The van der Waals surface area contributed by atoms with E-state index in [0.29, 0.717) is 39.4 Å². The van der Waals surface area contributed by atoms with Crippen LogP contribution in [-0.2, 0) is 20.7 Å². The molecule has 0 saturated carbocycles. The second-order valence-corrected chi connectivity index (χ2v) is 6.63. The molecule has 6 heteroatoms. The van der Waals surface area contributed by atoms with E-state index >= 15 is 0 Å². The topological polar surface area (TPSA) is 53.1 Å². The van der Waals surface area contributed by atoms with Crippen LogP contribution in [0.3, 0.4) is 0 Å². The van der Waals surface area contributed by atoms with Crippen molar-refractivity contribution < 1.29 is 14.3 Å². The summed E-state index contributed by atoms with van der Waals surface area (Å²) in [4.78, 5) is 30.3. The van der Waals surface area contributed by atoms with E-state index in [1.54, 1.807) is 9.80 Å². The highest BCUT2D eigenvalue weighted by atomic mass is 16.5. The lowest BCUT2D eigenvalue weighted by Gasteiger charge is -2.35. The molecule has 2 amide bonds. The van der Waals surface area contributed by atoms with E-state index in [-0.39, 0.29) is 11.8 Å². The van der Waals surface area contributed by atoms with Crippen molar-refractivity contribution in [2.24, 2.45) is 0 Å². The standard InChI is InChI=1S/C19H27N3O3/c23-18(19(24)22-13-15-25-16-14-22)21-11-9-20(10-12-21)8-4-7-17-5-2-1-3-6-17/h1-3,5-6H,4,7-16H2. The van der Waals surface area contributed by atoms with Crippen LogP contribution in [0.5, 0.6) is 0 Å². The van der Waals surface area contributed by atoms with Gasteiger partial charge in [-0.1, -0.05) is 30.3 Å². The Balaban J connectivity index is 1.37. The van der Waals surface area contributed by atoms with E-state index in [4.69, 9.17) is 4.74 Å². The summed E-state index contributed by atoms with van der Waals surface area (Å²) >= 11 is 0. The normalized spacial score (nSPS) is 19.0. The maximum atomic E-state index is 12.4. The molecule has 2 fully saturated rings. The first-order chi connectivity index (χ1) is 12.2. The molecule has 2 aliphatic rings. The summed E-state index contributed by atoms with van der Waals surface area (Å²) in [7, 11) is 0. The lowest BCUT2D eigenvalue weighted by atomic mass is 10.1. The number of hydrogen-bond acceptors (Lipinski definition) is 4. The summed E-state index contributed by atoms with van der Waals surface area (Å²) in [6.45, 7) is 6.08. The Morgan fingerprint density at radius 2 is 1.44 bits per heavy atom. The van der Waals surface area contributed by atoms with Crippen LogP contribution in [-0.4, -0.2) is 85.5 Å². The average Bonchev–Trinajstić information content (AvgIpc) is 2.69. The van der Waals surface area contributed by atoms with Crippen LogP contribution >= 0.6 is 0 Å². The van der Waals surface area contributed by atoms with Crippen molar-refractivity contribution in [1.82, 2.24) is 14.7 Å². The van der Waals surface area contributed by atoms with E-state index in [1.807, 2.05) is 6.07 Å². The summed E-state index contributed by atoms with van der Waals surface area (Å²) in [5.74, 6) is -0.730. The van der Waals surface area contributed by atoms with E-state index in [2.05, 4.69) is 29.2 Å². The van der Waals surface area contributed by atoms with Gasteiger partial charge in [-0.05, 0) is 24.9 Å². The lowest BCUT2D eigenvalue weighted by molar-refractivity contribution is -0.155. The molecule has 1 aromatic rings. The van der Waals surface area contributed by atoms with Crippen molar-refractivity contribution >= 4 is 11.8 Å². The number of benzene rings is 1. The molecule has 0 spiro atoms. The average molecular weight is 345 g/mol. The van der Waals surface area contributed by atoms with Crippen LogP contribution in [0.1, 0.15) is 12.0 Å². The van der Waals surface area contributed by atoms with Crippen LogP contribution in [0.4, 0.5) is 0 Å². The first-order valence-corrected chi connectivity index (χ1v) is 9.16. The monoisotopic (exact) mass is 345 g/mol. The first-order valence-electron chi connectivity index (χ1n) is 9.16. The van der Waals surface area contributed by atoms with Gasteiger partial charge in [0.25, 0.3) is 0 Å². The predicted octanol–water partition coefficient (Wildman–Crippen LogP) is 0.622. The molecular weight excluding hydrogens is 318 g/mol. The summed E-state index contributed by atoms with van der Waals surface area (Å²) in [5.41, 5.74) is 1.37. The molecule has 0 unspecified atom stereocenters. The van der Waals surface area contributed by atoms with Crippen LogP contribution < -0.4 is 0 Å². The molecule has 0 radical (unpaired) electrons. The van der Waals surface area contributed by atoms with Gasteiger partial charge in [-0.3, -0.25) is 14.5 Å². The SMILES string of the molecule is O=C(C(=O)N1CCN(CCCc2ccccc2)CC1)N1CCOCC1. The quantitative estimate of drug-likeness (QED) is 0.751. The molecule has 2 heterocycles. The summed E-state index contributed by atoms with van der Waals surface area (Å²) in [6, 6.07) is 10.5. The number of aryl methyl sites for hydroxylation is 1. The highest BCUT2D eigenvalue weighted by Crippen LogP contribution is 2.08. The van der Waals surface area contributed by atoms with Crippen molar-refractivity contribution in [1.29, 1.82) is 0 Å². The van der Waals surface area contributed by atoms with Gasteiger partial charge in [0.2, 0.25) is 0 Å². The number of hydrogen-bond donors (Lipinski definition) is 0. The molecule has 0 aromatic heterocycles. The Morgan fingerprint density at radius 3 is 2.08 bits per heavy atom. The number of ether oxygens (including phenoxy) is 1. The van der Waals surface area contributed by atoms with Crippen LogP contribution in [0.2, 0.25) is 0 Å². The van der Waals surface area contributed by atoms with Gasteiger partial charge in [-0.15, -0.1) is 0 Å². The second kappa shape index (κ2) is 8.97. The van der Waals surface area contributed by atoms with Gasteiger partial charge in [0.15, 0.2) is 0 Å². The summed E-state index contributed by atoms with van der Waals surface area (Å²) in [5, 5.41) is 0. The third kappa shape index (κ3) is 5.03. The number of carbonyl (C=O) groups excluding carboxylic acids is 2. The number of nitrogens with zero attached hydrogens (tertiary/aromatic N) is 3. The number of carbonyl (C=O) groups is 2. The molecule has 1 aromatic carbocycles. The fraction of sp³-hybridized carbons (Fsp3) is 0.579. The molecule has 0 N–H and O–H groups in total. The fourth-order valence-electron chi connectivity index (χ4n) is 3.36. The largest absolute Gasteiger partial charge is 0.378 e. The van der Waals surface area contributed by atoms with E-state index < -0.39 is 0 Å². The highest BCUT2D eigenvalue weighted by Gasteiger charge is 2.30. The van der Waals surface area contributed by atoms with Crippen molar-refractivity contribution in [3.8, 4) is 0 Å². The Bertz CT molecular complexity index is 565. The second-order valence-electron chi connectivity index (χ2n) is 6.63. The minimum atomic E-state index is -0.374. The lowest BCUT2D eigenvalue weighted by Crippen LogP contribution is -2.54.